The molecule has 1 aliphatic rings. The Bertz CT molecular complexity index is 583. The Morgan fingerprint density at radius 1 is 1.17 bits per heavy atom. The molecular formula is C19H26FNO3. The zero-order chi connectivity index (χ0) is 17.7. The van der Waals surface area contributed by atoms with E-state index >= 15 is 0 Å². The summed E-state index contributed by atoms with van der Waals surface area (Å²) >= 11 is 0. The number of amides is 1. The number of carboxylic acids is 1. The number of aliphatic carboxylic acids is 1. The number of halogens is 1. The second-order valence-electron chi connectivity index (χ2n) is 7.47. The standard InChI is InChI=1S/C19H26FNO3/c1-19(2,13-18(23)24)12-17(22)21-10-3-4-14(9-11-21)15-5-7-16(20)8-6-15/h5-8,14H,3-4,9-13H2,1-2H3,(H,23,24). The number of carbonyl (C=O) groups excluding carboxylic acids is 1. The first-order valence-corrected chi connectivity index (χ1v) is 8.52. The lowest BCUT2D eigenvalue weighted by atomic mass is 9.85. The maximum absolute atomic E-state index is 13.1. The van der Waals surface area contributed by atoms with Gasteiger partial charge in [0.25, 0.3) is 0 Å². The van der Waals surface area contributed by atoms with Crippen molar-refractivity contribution in [1.29, 1.82) is 0 Å². The van der Waals surface area contributed by atoms with E-state index in [-0.39, 0.29) is 24.6 Å². The third-order valence-electron chi connectivity index (χ3n) is 4.68. The normalized spacial score (nSPS) is 19.0. The lowest BCUT2D eigenvalue weighted by molar-refractivity contribution is -0.140. The van der Waals surface area contributed by atoms with Crippen LogP contribution in [0, 0.1) is 11.2 Å². The van der Waals surface area contributed by atoms with E-state index in [1.54, 1.807) is 0 Å². The minimum absolute atomic E-state index is 0.00914. The number of rotatable bonds is 5. The van der Waals surface area contributed by atoms with Gasteiger partial charge in [0.1, 0.15) is 5.82 Å². The molecular weight excluding hydrogens is 309 g/mol. The fourth-order valence-corrected chi connectivity index (χ4v) is 3.41. The predicted molar refractivity (Wildman–Crippen MR) is 90.2 cm³/mol. The summed E-state index contributed by atoms with van der Waals surface area (Å²) in [5, 5.41) is 8.95. The number of likely N-dealkylation sites (tertiary alicyclic amines) is 1. The van der Waals surface area contributed by atoms with Crippen LogP contribution in [0.3, 0.4) is 0 Å². The van der Waals surface area contributed by atoms with Gasteiger partial charge in [-0.2, -0.15) is 0 Å². The van der Waals surface area contributed by atoms with Gasteiger partial charge in [-0.1, -0.05) is 26.0 Å². The van der Waals surface area contributed by atoms with Crippen LogP contribution in [0.1, 0.15) is 57.4 Å². The lowest BCUT2D eigenvalue weighted by Crippen LogP contribution is -2.35. The van der Waals surface area contributed by atoms with E-state index in [9.17, 15) is 14.0 Å². The molecule has 4 nitrogen and oxygen atoms in total. The van der Waals surface area contributed by atoms with Gasteiger partial charge in [0.05, 0.1) is 6.42 Å². The van der Waals surface area contributed by atoms with Gasteiger partial charge in [0.15, 0.2) is 0 Å². The number of benzene rings is 1. The fraction of sp³-hybridized carbons (Fsp3) is 0.579. The van der Waals surface area contributed by atoms with E-state index in [0.29, 0.717) is 19.0 Å². The minimum Gasteiger partial charge on any atom is -0.481 e. The van der Waals surface area contributed by atoms with Gasteiger partial charge < -0.3 is 10.0 Å². The molecule has 1 N–H and O–H groups in total. The summed E-state index contributed by atoms with van der Waals surface area (Å²) in [5.41, 5.74) is 0.586. The summed E-state index contributed by atoms with van der Waals surface area (Å²) in [6.07, 6.45) is 2.99. The number of hydrogen-bond acceptors (Lipinski definition) is 2. The maximum atomic E-state index is 13.1. The van der Waals surface area contributed by atoms with Crippen molar-refractivity contribution in [3.63, 3.8) is 0 Å². The molecule has 0 aliphatic carbocycles. The van der Waals surface area contributed by atoms with E-state index in [2.05, 4.69) is 0 Å². The van der Waals surface area contributed by atoms with Crippen molar-refractivity contribution < 1.29 is 19.1 Å². The molecule has 1 atom stereocenters. The third kappa shape index (κ3) is 5.32. The average molecular weight is 335 g/mol. The van der Waals surface area contributed by atoms with Crippen molar-refractivity contribution in [3.8, 4) is 0 Å². The van der Waals surface area contributed by atoms with Crippen LogP contribution in [-0.2, 0) is 9.59 Å². The summed E-state index contributed by atoms with van der Waals surface area (Å²) in [4.78, 5) is 25.3. The van der Waals surface area contributed by atoms with Crippen molar-refractivity contribution in [3.05, 3.63) is 35.6 Å². The average Bonchev–Trinajstić information content (AvgIpc) is 2.72. The van der Waals surface area contributed by atoms with E-state index in [1.165, 1.54) is 12.1 Å². The van der Waals surface area contributed by atoms with Gasteiger partial charge in [-0.05, 0) is 48.3 Å². The van der Waals surface area contributed by atoms with E-state index < -0.39 is 11.4 Å². The topological polar surface area (TPSA) is 57.6 Å². The zero-order valence-electron chi connectivity index (χ0n) is 14.4. The quantitative estimate of drug-likeness (QED) is 0.890. The summed E-state index contributed by atoms with van der Waals surface area (Å²) in [6.45, 7) is 5.01. The van der Waals surface area contributed by atoms with Crippen molar-refractivity contribution >= 4 is 11.9 Å². The molecule has 2 rings (SSSR count). The molecule has 0 radical (unpaired) electrons. The second kappa shape index (κ2) is 7.77. The molecule has 0 spiro atoms. The number of carbonyl (C=O) groups is 2. The molecule has 5 heteroatoms. The summed E-state index contributed by atoms with van der Waals surface area (Å²) < 4.78 is 13.1. The largest absolute Gasteiger partial charge is 0.481 e. The molecule has 132 valence electrons. The van der Waals surface area contributed by atoms with Crippen molar-refractivity contribution in [2.75, 3.05) is 13.1 Å². The smallest absolute Gasteiger partial charge is 0.303 e. The van der Waals surface area contributed by atoms with Crippen LogP contribution >= 0.6 is 0 Å². The Balaban J connectivity index is 1.93. The maximum Gasteiger partial charge on any atom is 0.303 e. The van der Waals surface area contributed by atoms with E-state index in [0.717, 1.165) is 24.8 Å². The highest BCUT2D eigenvalue weighted by atomic mass is 19.1. The predicted octanol–water partition coefficient (Wildman–Crippen LogP) is 3.81. The van der Waals surface area contributed by atoms with Gasteiger partial charge in [0, 0.05) is 19.5 Å². The molecule has 0 bridgehead atoms. The number of carboxylic acid groups (broad SMARTS) is 1. The molecule has 0 saturated carbocycles. The number of nitrogens with zero attached hydrogens (tertiary/aromatic N) is 1. The van der Waals surface area contributed by atoms with Crippen LogP contribution in [0.15, 0.2) is 24.3 Å². The van der Waals surface area contributed by atoms with Gasteiger partial charge in [-0.3, -0.25) is 9.59 Å². The van der Waals surface area contributed by atoms with E-state index in [1.807, 2.05) is 30.9 Å². The fourth-order valence-electron chi connectivity index (χ4n) is 3.41. The SMILES string of the molecule is CC(C)(CC(=O)O)CC(=O)N1CCCC(c2ccc(F)cc2)CC1. The molecule has 0 aromatic heterocycles. The third-order valence-corrected chi connectivity index (χ3v) is 4.68. The Morgan fingerprint density at radius 3 is 2.46 bits per heavy atom. The Hall–Kier alpha value is -1.91. The first-order valence-electron chi connectivity index (χ1n) is 8.52. The molecule has 1 amide bonds. The van der Waals surface area contributed by atoms with Crippen molar-refractivity contribution in [2.24, 2.45) is 5.41 Å². The Kier molecular flexibility index (Phi) is 5.97. The van der Waals surface area contributed by atoms with Crippen LogP contribution in [0.5, 0.6) is 0 Å². The molecule has 1 aromatic rings. The molecule has 1 saturated heterocycles. The summed E-state index contributed by atoms with van der Waals surface area (Å²) in [5.74, 6) is -0.735. The molecule has 1 unspecified atom stereocenters. The lowest BCUT2D eigenvalue weighted by Gasteiger charge is -2.27. The molecule has 1 heterocycles. The molecule has 1 fully saturated rings. The first-order chi connectivity index (χ1) is 11.3. The number of hydrogen-bond donors (Lipinski definition) is 1. The van der Waals surface area contributed by atoms with Crippen LogP contribution in [-0.4, -0.2) is 35.0 Å². The Morgan fingerprint density at radius 2 is 1.83 bits per heavy atom. The van der Waals surface area contributed by atoms with Gasteiger partial charge in [-0.25, -0.2) is 4.39 Å². The van der Waals surface area contributed by atoms with Gasteiger partial charge in [-0.15, -0.1) is 0 Å². The minimum atomic E-state index is -0.875. The second-order valence-corrected chi connectivity index (χ2v) is 7.47. The van der Waals surface area contributed by atoms with Crippen LogP contribution in [0.25, 0.3) is 0 Å². The highest BCUT2D eigenvalue weighted by Gasteiger charge is 2.29. The Labute approximate surface area is 142 Å². The molecule has 24 heavy (non-hydrogen) atoms. The first kappa shape index (κ1) is 18.4. The van der Waals surface area contributed by atoms with Crippen molar-refractivity contribution in [2.45, 2.75) is 51.9 Å². The highest BCUT2D eigenvalue weighted by molar-refractivity contribution is 5.78. The van der Waals surface area contributed by atoms with Crippen LogP contribution < -0.4 is 0 Å². The highest BCUT2D eigenvalue weighted by Crippen LogP contribution is 2.30. The molecule has 1 aromatic carbocycles. The van der Waals surface area contributed by atoms with E-state index in [4.69, 9.17) is 5.11 Å². The molecule has 1 aliphatic heterocycles. The van der Waals surface area contributed by atoms with Gasteiger partial charge in [0.2, 0.25) is 5.91 Å². The zero-order valence-corrected chi connectivity index (χ0v) is 14.4. The monoisotopic (exact) mass is 335 g/mol. The summed E-state index contributed by atoms with van der Waals surface area (Å²) in [7, 11) is 0. The van der Waals surface area contributed by atoms with Gasteiger partial charge >= 0.3 is 5.97 Å². The van der Waals surface area contributed by atoms with Crippen LogP contribution in [0.4, 0.5) is 4.39 Å². The van der Waals surface area contributed by atoms with Crippen LogP contribution in [0.2, 0.25) is 0 Å². The summed E-state index contributed by atoms with van der Waals surface area (Å²) in [6, 6.07) is 6.62. The van der Waals surface area contributed by atoms with Crippen molar-refractivity contribution in [1.82, 2.24) is 4.90 Å².